The lowest BCUT2D eigenvalue weighted by Gasteiger charge is -2.29. The van der Waals surface area contributed by atoms with Gasteiger partial charge < -0.3 is 9.30 Å². The van der Waals surface area contributed by atoms with Crippen LogP contribution in [0, 0.1) is 13.8 Å². The van der Waals surface area contributed by atoms with E-state index >= 15 is 0 Å². The van der Waals surface area contributed by atoms with Crippen molar-refractivity contribution < 1.29 is 14.3 Å². The van der Waals surface area contributed by atoms with Crippen molar-refractivity contribution >= 4 is 68.4 Å². The fourth-order valence-corrected chi connectivity index (χ4v) is 4.50. The predicted octanol–water partition coefficient (Wildman–Crippen LogP) is 5.35. The van der Waals surface area contributed by atoms with Crippen LogP contribution < -0.4 is 15.0 Å². The molecule has 1 saturated heterocycles. The molecule has 1 aliphatic heterocycles. The number of rotatable bonds is 4. The topological polar surface area (TPSA) is 63.6 Å². The third-order valence-corrected chi connectivity index (χ3v) is 6.88. The molecule has 2 amide bonds. The predicted molar refractivity (Wildman–Crippen MR) is 137 cm³/mol. The molecule has 4 rings (SSSR count). The van der Waals surface area contributed by atoms with Crippen molar-refractivity contribution in [1.29, 1.82) is 0 Å². The summed E-state index contributed by atoms with van der Waals surface area (Å²) in [5, 5.41) is 3.20. The number of nitrogens with one attached hydrogen (secondary N) is 1. The fraction of sp³-hybridized carbons (Fsp3) is 0.125. The molecule has 0 aliphatic carbocycles. The first-order valence-electron chi connectivity index (χ1n) is 9.91. The lowest BCUT2D eigenvalue weighted by Crippen LogP contribution is -2.54. The first-order chi connectivity index (χ1) is 15.7. The number of aryl methyl sites for hydroxylation is 1. The number of thiocarbonyl (C=S) groups is 1. The van der Waals surface area contributed by atoms with Gasteiger partial charge in [-0.3, -0.25) is 14.9 Å². The van der Waals surface area contributed by atoms with Crippen LogP contribution in [0.15, 0.2) is 58.6 Å². The summed E-state index contributed by atoms with van der Waals surface area (Å²) in [6.45, 7) is 3.87. The minimum Gasteiger partial charge on any atom is -0.495 e. The maximum atomic E-state index is 13.4. The Morgan fingerprint density at radius 1 is 1.12 bits per heavy atom. The Hall–Kier alpha value is -2.94. The Kier molecular flexibility index (Phi) is 6.43. The second-order valence-corrected chi connectivity index (χ2v) is 9.04. The van der Waals surface area contributed by atoms with Gasteiger partial charge in [0, 0.05) is 21.5 Å². The third kappa shape index (κ3) is 4.21. The van der Waals surface area contributed by atoms with Gasteiger partial charge in [-0.15, -0.1) is 0 Å². The number of hydrogen-bond donors (Lipinski definition) is 1. The molecular weight excluding hydrogens is 526 g/mol. The van der Waals surface area contributed by atoms with Crippen LogP contribution in [-0.4, -0.2) is 28.6 Å². The maximum absolute atomic E-state index is 13.4. The fourth-order valence-electron chi connectivity index (χ4n) is 3.80. The second-order valence-electron chi connectivity index (χ2n) is 7.39. The van der Waals surface area contributed by atoms with Crippen LogP contribution in [0.5, 0.6) is 5.75 Å². The molecule has 0 unspecified atom stereocenters. The Morgan fingerprint density at radius 2 is 1.85 bits per heavy atom. The maximum Gasteiger partial charge on any atom is 0.270 e. The van der Waals surface area contributed by atoms with Gasteiger partial charge in [0.1, 0.15) is 11.3 Å². The first-order valence-corrected chi connectivity index (χ1v) is 11.5. The minimum atomic E-state index is -0.548. The van der Waals surface area contributed by atoms with E-state index in [0.717, 1.165) is 27.1 Å². The number of nitrogens with zero attached hydrogens (tertiary/aromatic N) is 2. The minimum absolute atomic E-state index is 0.00151. The zero-order chi connectivity index (χ0) is 23.9. The molecule has 1 aromatic heterocycles. The number of para-hydroxylation sites is 2. The highest BCUT2D eigenvalue weighted by Crippen LogP contribution is 2.32. The van der Waals surface area contributed by atoms with Crippen LogP contribution in [0.3, 0.4) is 0 Å². The number of ether oxygens (including phenoxy) is 1. The summed E-state index contributed by atoms with van der Waals surface area (Å²) in [4.78, 5) is 27.4. The Balaban J connectivity index is 1.78. The molecule has 2 heterocycles. The van der Waals surface area contributed by atoms with E-state index in [-0.39, 0.29) is 10.7 Å². The van der Waals surface area contributed by atoms with Crippen molar-refractivity contribution in [2.75, 3.05) is 12.0 Å². The van der Waals surface area contributed by atoms with Crippen LogP contribution in [0.4, 0.5) is 5.69 Å². The number of carbonyl (C=O) groups excluding carboxylic acids is 2. The summed E-state index contributed by atoms with van der Waals surface area (Å²) in [6.07, 6.45) is 1.58. The highest BCUT2D eigenvalue weighted by molar-refractivity contribution is 9.10. The average Bonchev–Trinajstić information content (AvgIpc) is 3.06. The van der Waals surface area contributed by atoms with Gasteiger partial charge in [0.15, 0.2) is 5.11 Å². The Morgan fingerprint density at radius 3 is 2.55 bits per heavy atom. The van der Waals surface area contributed by atoms with Gasteiger partial charge >= 0.3 is 0 Å². The smallest absolute Gasteiger partial charge is 0.270 e. The molecule has 2 aromatic carbocycles. The molecule has 1 N–H and O–H groups in total. The zero-order valence-electron chi connectivity index (χ0n) is 18.0. The van der Waals surface area contributed by atoms with E-state index in [1.54, 1.807) is 30.3 Å². The second kappa shape index (κ2) is 9.13. The summed E-state index contributed by atoms with van der Waals surface area (Å²) in [7, 11) is 1.51. The van der Waals surface area contributed by atoms with E-state index in [0.29, 0.717) is 16.5 Å². The normalized spacial score (nSPS) is 15.2. The number of halogens is 2. The highest BCUT2D eigenvalue weighted by atomic mass is 79.9. The Bertz CT molecular complexity index is 1350. The SMILES string of the molecule is COc1ccccc1N1C(=O)/C(=C/c2cc(C)n(-c3ccc(Br)c(Cl)c3)c2C)C(=O)NC1=S. The van der Waals surface area contributed by atoms with Gasteiger partial charge in [0.2, 0.25) is 0 Å². The van der Waals surface area contributed by atoms with E-state index in [9.17, 15) is 9.59 Å². The van der Waals surface area contributed by atoms with Crippen LogP contribution >= 0.6 is 39.7 Å². The van der Waals surface area contributed by atoms with Crippen molar-refractivity contribution in [3.05, 3.63) is 80.6 Å². The number of anilines is 1. The van der Waals surface area contributed by atoms with E-state index in [4.69, 9.17) is 28.6 Å². The standard InChI is InChI=1S/C24H19BrClN3O3S/c1-13-10-15(14(2)28(13)16-8-9-18(25)19(26)12-16)11-17-22(30)27-24(33)29(23(17)31)20-6-4-5-7-21(20)32-3/h4-12H,1-3H3,(H,27,30,33)/b17-11+. The zero-order valence-corrected chi connectivity index (χ0v) is 21.1. The number of aromatic nitrogens is 1. The number of methoxy groups -OCH3 is 1. The van der Waals surface area contributed by atoms with Crippen molar-refractivity contribution in [3.63, 3.8) is 0 Å². The largest absolute Gasteiger partial charge is 0.495 e. The van der Waals surface area contributed by atoms with E-state index < -0.39 is 11.8 Å². The quantitative estimate of drug-likeness (QED) is 0.273. The van der Waals surface area contributed by atoms with Gasteiger partial charge in [0.05, 0.1) is 17.8 Å². The molecular formula is C24H19BrClN3O3S. The summed E-state index contributed by atoms with van der Waals surface area (Å²) in [6, 6.07) is 14.6. The molecule has 0 spiro atoms. The lowest BCUT2D eigenvalue weighted by atomic mass is 10.1. The summed E-state index contributed by atoms with van der Waals surface area (Å²) >= 11 is 15.0. The average molecular weight is 545 g/mol. The van der Waals surface area contributed by atoms with E-state index in [1.807, 2.05) is 42.7 Å². The molecule has 0 atom stereocenters. The number of benzene rings is 2. The molecule has 3 aromatic rings. The molecule has 0 radical (unpaired) electrons. The first kappa shape index (κ1) is 23.2. The van der Waals surface area contributed by atoms with Gasteiger partial charge in [-0.25, -0.2) is 4.90 Å². The summed E-state index contributed by atoms with van der Waals surface area (Å²) < 4.78 is 8.19. The molecule has 0 bridgehead atoms. The van der Waals surface area contributed by atoms with Crippen LogP contribution in [0.25, 0.3) is 11.8 Å². The van der Waals surface area contributed by atoms with Crippen LogP contribution in [0.2, 0.25) is 5.02 Å². The molecule has 33 heavy (non-hydrogen) atoms. The summed E-state index contributed by atoms with van der Waals surface area (Å²) in [5.41, 5.74) is 3.82. The molecule has 6 nitrogen and oxygen atoms in total. The molecule has 1 aliphatic rings. The van der Waals surface area contributed by atoms with Crippen molar-refractivity contribution in [2.45, 2.75) is 13.8 Å². The third-order valence-electron chi connectivity index (χ3n) is 5.36. The highest BCUT2D eigenvalue weighted by Gasteiger charge is 2.36. The van der Waals surface area contributed by atoms with Gasteiger partial charge in [-0.05, 0) is 90.0 Å². The number of hydrogen-bond acceptors (Lipinski definition) is 4. The van der Waals surface area contributed by atoms with Crippen molar-refractivity contribution in [3.8, 4) is 11.4 Å². The molecule has 0 saturated carbocycles. The molecule has 9 heteroatoms. The van der Waals surface area contributed by atoms with E-state index in [1.165, 1.54) is 12.0 Å². The van der Waals surface area contributed by atoms with Crippen LogP contribution in [0.1, 0.15) is 17.0 Å². The van der Waals surface area contributed by atoms with Crippen molar-refractivity contribution in [2.24, 2.45) is 0 Å². The van der Waals surface area contributed by atoms with Crippen LogP contribution in [-0.2, 0) is 9.59 Å². The van der Waals surface area contributed by atoms with Gasteiger partial charge in [0.25, 0.3) is 11.8 Å². The lowest BCUT2D eigenvalue weighted by molar-refractivity contribution is -0.122. The molecule has 168 valence electrons. The number of amides is 2. The number of carbonyl (C=O) groups is 2. The van der Waals surface area contributed by atoms with Gasteiger partial charge in [-0.2, -0.15) is 0 Å². The monoisotopic (exact) mass is 543 g/mol. The Labute approximate surface area is 209 Å². The molecule has 1 fully saturated rings. The van der Waals surface area contributed by atoms with Gasteiger partial charge in [-0.1, -0.05) is 23.7 Å². The summed E-state index contributed by atoms with van der Waals surface area (Å²) in [5.74, 6) is -0.605. The van der Waals surface area contributed by atoms with E-state index in [2.05, 4.69) is 21.2 Å². The van der Waals surface area contributed by atoms with Crippen molar-refractivity contribution in [1.82, 2.24) is 9.88 Å².